The Morgan fingerprint density at radius 1 is 1.41 bits per heavy atom. The predicted octanol–water partition coefficient (Wildman–Crippen LogP) is 4.19. The van der Waals surface area contributed by atoms with E-state index in [1.807, 2.05) is 12.1 Å². The van der Waals surface area contributed by atoms with E-state index < -0.39 is 0 Å². The van der Waals surface area contributed by atoms with Gasteiger partial charge in [-0.2, -0.15) is 5.10 Å². The van der Waals surface area contributed by atoms with Crippen molar-refractivity contribution in [2.45, 2.75) is 19.3 Å². The first-order chi connectivity index (χ1) is 16.5. The van der Waals surface area contributed by atoms with Gasteiger partial charge in [0.15, 0.2) is 0 Å². The first-order valence-electron chi connectivity index (χ1n) is 10.9. The predicted molar refractivity (Wildman–Crippen MR) is 131 cm³/mol. The monoisotopic (exact) mass is 477 g/mol. The Kier molecular flexibility index (Phi) is 5.91. The number of thiophene rings is 1. The highest BCUT2D eigenvalue weighted by Crippen LogP contribution is 2.41. The molecule has 1 aromatic carbocycles. The van der Waals surface area contributed by atoms with Gasteiger partial charge < -0.3 is 15.0 Å². The summed E-state index contributed by atoms with van der Waals surface area (Å²) in [6.07, 6.45) is 5.63. The quantitative estimate of drug-likeness (QED) is 0.177. The number of rotatable bonds is 7. The molecular formula is C22H23N9O2S. The summed E-state index contributed by atoms with van der Waals surface area (Å²) in [6, 6.07) is 3.81. The lowest BCUT2D eigenvalue weighted by atomic mass is 9.87. The number of hydrogen-bond acceptors (Lipinski definition) is 8. The summed E-state index contributed by atoms with van der Waals surface area (Å²) in [5.41, 5.74) is 11.3. The first-order valence-corrected chi connectivity index (χ1v) is 11.7. The van der Waals surface area contributed by atoms with Crippen LogP contribution in [0.4, 0.5) is 11.5 Å². The summed E-state index contributed by atoms with van der Waals surface area (Å²) < 4.78 is 5.90. The Morgan fingerprint density at radius 3 is 3.12 bits per heavy atom. The van der Waals surface area contributed by atoms with Gasteiger partial charge in [-0.05, 0) is 36.4 Å². The molecule has 34 heavy (non-hydrogen) atoms. The molecule has 174 valence electrons. The minimum Gasteiger partial charge on any atom is -0.491 e. The van der Waals surface area contributed by atoms with Crippen LogP contribution in [0.1, 0.15) is 16.9 Å². The van der Waals surface area contributed by atoms with Gasteiger partial charge in [0.2, 0.25) is 5.91 Å². The molecule has 0 fully saturated rings. The van der Waals surface area contributed by atoms with Gasteiger partial charge in [-0.3, -0.25) is 9.89 Å². The number of aromatic amines is 1. The molecule has 0 saturated carbocycles. The summed E-state index contributed by atoms with van der Waals surface area (Å²) in [6.45, 7) is 0.465. The summed E-state index contributed by atoms with van der Waals surface area (Å²) >= 11 is 1.63. The van der Waals surface area contributed by atoms with Crippen molar-refractivity contribution >= 4 is 49.9 Å². The van der Waals surface area contributed by atoms with E-state index in [0.29, 0.717) is 11.6 Å². The van der Waals surface area contributed by atoms with Crippen molar-refractivity contribution in [3.63, 3.8) is 0 Å². The SMILES string of the molecule is CN(C)C(=O)[C@H]1CCc2c(sc3ncnc(Nc4cc5cn[nH]c5cc4OCCN=[N+]=[N-])c23)C1. The Morgan fingerprint density at radius 2 is 2.29 bits per heavy atom. The number of carbonyl (C=O) groups is 1. The highest BCUT2D eigenvalue weighted by molar-refractivity contribution is 7.19. The van der Waals surface area contributed by atoms with E-state index in [1.54, 1.807) is 42.9 Å². The van der Waals surface area contributed by atoms with E-state index in [1.165, 1.54) is 10.4 Å². The van der Waals surface area contributed by atoms with Crippen LogP contribution in [0.2, 0.25) is 0 Å². The molecule has 1 amide bonds. The number of carbonyl (C=O) groups excluding carboxylic acids is 1. The van der Waals surface area contributed by atoms with Crippen LogP contribution < -0.4 is 10.1 Å². The van der Waals surface area contributed by atoms with E-state index in [-0.39, 0.29) is 25.0 Å². The number of nitrogens with one attached hydrogen (secondary N) is 2. The maximum atomic E-state index is 12.5. The minimum atomic E-state index is -0.000462. The second kappa shape index (κ2) is 9.16. The molecule has 0 unspecified atom stereocenters. The van der Waals surface area contributed by atoms with E-state index in [2.05, 4.69) is 35.5 Å². The molecule has 1 aliphatic rings. The van der Waals surface area contributed by atoms with Crippen molar-refractivity contribution in [2.24, 2.45) is 11.0 Å². The Hall–Kier alpha value is -3.89. The smallest absolute Gasteiger partial charge is 0.225 e. The number of nitrogens with zero attached hydrogens (tertiary/aromatic N) is 7. The molecular weight excluding hydrogens is 454 g/mol. The molecule has 3 aromatic heterocycles. The summed E-state index contributed by atoms with van der Waals surface area (Å²) in [7, 11) is 3.61. The van der Waals surface area contributed by atoms with Gasteiger partial charge in [0.1, 0.15) is 22.7 Å². The number of hydrogen-bond donors (Lipinski definition) is 2. The number of fused-ring (bicyclic) bond motifs is 4. The maximum Gasteiger partial charge on any atom is 0.225 e. The number of H-pyrrole nitrogens is 1. The molecule has 1 aliphatic carbocycles. The van der Waals surface area contributed by atoms with Crippen LogP contribution in [0.5, 0.6) is 5.75 Å². The molecule has 5 rings (SSSR count). The van der Waals surface area contributed by atoms with Gasteiger partial charge in [0.25, 0.3) is 0 Å². The third-order valence-electron chi connectivity index (χ3n) is 5.94. The summed E-state index contributed by atoms with van der Waals surface area (Å²) in [5, 5.41) is 15.9. The van der Waals surface area contributed by atoms with E-state index >= 15 is 0 Å². The molecule has 11 nitrogen and oxygen atoms in total. The van der Waals surface area contributed by atoms with Crippen molar-refractivity contribution in [1.29, 1.82) is 0 Å². The number of amides is 1. The molecule has 0 aliphatic heterocycles. The number of benzene rings is 1. The average molecular weight is 478 g/mol. The average Bonchev–Trinajstić information content (AvgIpc) is 3.44. The largest absolute Gasteiger partial charge is 0.491 e. The topological polar surface area (TPSA) is 145 Å². The molecule has 4 aromatic rings. The summed E-state index contributed by atoms with van der Waals surface area (Å²) in [4.78, 5) is 28.1. The van der Waals surface area contributed by atoms with Crippen LogP contribution >= 0.6 is 11.3 Å². The fourth-order valence-corrected chi connectivity index (χ4v) is 5.61. The zero-order chi connectivity index (χ0) is 23.7. The first kappa shape index (κ1) is 21.9. The molecule has 12 heteroatoms. The van der Waals surface area contributed by atoms with E-state index in [0.717, 1.165) is 46.1 Å². The van der Waals surface area contributed by atoms with Crippen molar-refractivity contribution in [1.82, 2.24) is 25.1 Å². The lowest BCUT2D eigenvalue weighted by Gasteiger charge is -2.24. The number of anilines is 2. The molecule has 3 heterocycles. The molecule has 0 bridgehead atoms. The Bertz CT molecular complexity index is 1420. The van der Waals surface area contributed by atoms with Crippen LogP contribution in [-0.2, 0) is 17.6 Å². The van der Waals surface area contributed by atoms with Crippen LogP contribution in [0, 0.1) is 5.92 Å². The second-order valence-corrected chi connectivity index (χ2v) is 9.40. The highest BCUT2D eigenvalue weighted by Gasteiger charge is 2.30. The number of azide groups is 1. The van der Waals surface area contributed by atoms with Gasteiger partial charge in [-0.25, -0.2) is 9.97 Å². The second-order valence-electron chi connectivity index (χ2n) is 8.31. The van der Waals surface area contributed by atoms with Gasteiger partial charge in [-0.15, -0.1) is 11.3 Å². The van der Waals surface area contributed by atoms with E-state index in [9.17, 15) is 4.79 Å². The molecule has 0 radical (unpaired) electrons. The van der Waals surface area contributed by atoms with Crippen molar-refractivity contribution in [3.05, 3.63) is 45.5 Å². The van der Waals surface area contributed by atoms with E-state index in [4.69, 9.17) is 10.3 Å². The van der Waals surface area contributed by atoms with Crippen LogP contribution in [0.25, 0.3) is 31.6 Å². The van der Waals surface area contributed by atoms with Crippen LogP contribution in [-0.4, -0.2) is 58.2 Å². The zero-order valence-corrected chi connectivity index (χ0v) is 19.6. The minimum absolute atomic E-state index is 0.000462. The third-order valence-corrected chi connectivity index (χ3v) is 7.10. The van der Waals surface area contributed by atoms with Crippen molar-refractivity contribution in [3.8, 4) is 5.75 Å². The highest BCUT2D eigenvalue weighted by atomic mass is 32.1. The van der Waals surface area contributed by atoms with Gasteiger partial charge in [0.05, 0.1) is 35.9 Å². The standard InChI is InChI=1S/C22H23N9O2S/c1-31(2)22(32)12-3-4-14-18(8-12)34-21-19(14)20(24-11-25-21)28-16-7-13-10-27-29-15(13)9-17(16)33-6-5-26-30-23/h7,9-12H,3-6,8H2,1-2H3,(H,27,29)(H,24,25,28)/t12-/m0/s1. The fourth-order valence-electron chi connectivity index (χ4n) is 4.34. The van der Waals surface area contributed by atoms with Crippen LogP contribution in [0.15, 0.2) is 29.8 Å². The number of aromatic nitrogens is 4. The lowest BCUT2D eigenvalue weighted by Crippen LogP contribution is -2.32. The lowest BCUT2D eigenvalue weighted by molar-refractivity contribution is -0.133. The molecule has 2 N–H and O–H groups in total. The zero-order valence-electron chi connectivity index (χ0n) is 18.8. The van der Waals surface area contributed by atoms with Crippen molar-refractivity contribution in [2.75, 3.05) is 32.6 Å². The third kappa shape index (κ3) is 4.09. The fraction of sp³-hybridized carbons (Fsp3) is 0.364. The molecule has 0 spiro atoms. The van der Waals surface area contributed by atoms with Gasteiger partial charge in [-0.1, -0.05) is 5.11 Å². The Balaban J connectivity index is 1.50. The maximum absolute atomic E-state index is 12.5. The normalized spacial score (nSPS) is 15.1. The Labute approximate surface area is 198 Å². The molecule has 0 saturated heterocycles. The van der Waals surface area contributed by atoms with Crippen LogP contribution in [0.3, 0.4) is 0 Å². The molecule has 1 atom stereocenters. The number of ether oxygens (including phenoxy) is 1. The van der Waals surface area contributed by atoms with Crippen molar-refractivity contribution < 1.29 is 9.53 Å². The van der Waals surface area contributed by atoms with Gasteiger partial charge in [0, 0.05) is 41.3 Å². The summed E-state index contributed by atoms with van der Waals surface area (Å²) in [5.74, 6) is 1.46. The van der Waals surface area contributed by atoms with Gasteiger partial charge >= 0.3 is 0 Å². The number of aryl methyl sites for hydroxylation is 1.